The van der Waals surface area contributed by atoms with Crippen LogP contribution < -0.4 is 16.4 Å². The number of hydrogen-bond donors (Lipinski definition) is 3. The SMILES string of the molecule is Nc1ccccc1CCC(=O)NCCCNC(=O)C1CCC1. The molecule has 1 aliphatic rings. The largest absolute Gasteiger partial charge is 0.399 e. The maximum Gasteiger partial charge on any atom is 0.223 e. The van der Waals surface area contributed by atoms with E-state index in [1.807, 2.05) is 24.3 Å². The standard InChI is InChI=1S/C17H25N3O2/c18-15-8-2-1-5-13(15)9-10-16(21)19-11-4-12-20-17(22)14-6-3-7-14/h1-2,5,8,14H,3-4,6-7,9-12,18H2,(H,19,21)(H,20,22). The van der Waals surface area contributed by atoms with Gasteiger partial charge in [0, 0.05) is 31.1 Å². The molecule has 0 heterocycles. The molecule has 22 heavy (non-hydrogen) atoms. The van der Waals surface area contributed by atoms with Gasteiger partial charge in [-0.2, -0.15) is 0 Å². The van der Waals surface area contributed by atoms with Gasteiger partial charge in [0.25, 0.3) is 0 Å². The van der Waals surface area contributed by atoms with Crippen molar-refractivity contribution in [2.24, 2.45) is 5.92 Å². The lowest BCUT2D eigenvalue weighted by Crippen LogP contribution is -2.36. The Labute approximate surface area is 131 Å². The van der Waals surface area contributed by atoms with E-state index >= 15 is 0 Å². The molecular formula is C17H25N3O2. The maximum absolute atomic E-state index is 11.7. The first-order valence-corrected chi connectivity index (χ1v) is 8.04. The Morgan fingerprint density at radius 3 is 2.55 bits per heavy atom. The molecule has 4 N–H and O–H groups in total. The number of anilines is 1. The van der Waals surface area contributed by atoms with Crippen LogP contribution in [0, 0.1) is 5.92 Å². The van der Waals surface area contributed by atoms with Crippen molar-refractivity contribution in [2.45, 2.75) is 38.5 Å². The molecule has 0 aromatic heterocycles. The molecule has 1 aliphatic carbocycles. The zero-order valence-electron chi connectivity index (χ0n) is 12.9. The van der Waals surface area contributed by atoms with Gasteiger partial charge in [0.1, 0.15) is 0 Å². The first-order chi connectivity index (χ1) is 10.7. The zero-order chi connectivity index (χ0) is 15.8. The van der Waals surface area contributed by atoms with Crippen molar-refractivity contribution in [1.29, 1.82) is 0 Å². The minimum atomic E-state index is 0.0218. The smallest absolute Gasteiger partial charge is 0.223 e. The van der Waals surface area contributed by atoms with Crippen molar-refractivity contribution in [3.63, 3.8) is 0 Å². The van der Waals surface area contributed by atoms with Crippen LogP contribution in [-0.2, 0) is 16.0 Å². The number of para-hydroxylation sites is 1. The van der Waals surface area contributed by atoms with Gasteiger partial charge in [-0.1, -0.05) is 24.6 Å². The Morgan fingerprint density at radius 2 is 1.86 bits per heavy atom. The summed E-state index contributed by atoms with van der Waals surface area (Å²) in [5, 5.41) is 5.79. The van der Waals surface area contributed by atoms with Crippen molar-refractivity contribution >= 4 is 17.5 Å². The van der Waals surface area contributed by atoms with Crippen LogP contribution in [0.4, 0.5) is 5.69 Å². The minimum absolute atomic E-state index is 0.0218. The molecule has 1 aromatic carbocycles. The van der Waals surface area contributed by atoms with Crippen LogP contribution in [0.25, 0.3) is 0 Å². The number of nitrogens with two attached hydrogens (primary N) is 1. The van der Waals surface area contributed by atoms with Crippen LogP contribution in [0.2, 0.25) is 0 Å². The van der Waals surface area contributed by atoms with E-state index in [4.69, 9.17) is 5.73 Å². The summed E-state index contributed by atoms with van der Waals surface area (Å²) >= 11 is 0. The van der Waals surface area contributed by atoms with Gasteiger partial charge in [0.2, 0.25) is 11.8 Å². The fourth-order valence-electron chi connectivity index (χ4n) is 2.44. The Kier molecular flexibility index (Phi) is 6.25. The molecule has 0 unspecified atom stereocenters. The van der Waals surface area contributed by atoms with Crippen LogP contribution in [0.15, 0.2) is 24.3 Å². The molecule has 0 spiro atoms. The second-order valence-corrected chi connectivity index (χ2v) is 5.82. The second-order valence-electron chi connectivity index (χ2n) is 5.82. The molecule has 120 valence electrons. The van der Waals surface area contributed by atoms with Crippen molar-refractivity contribution in [3.8, 4) is 0 Å². The fraction of sp³-hybridized carbons (Fsp3) is 0.529. The van der Waals surface area contributed by atoms with E-state index in [0.29, 0.717) is 25.9 Å². The first-order valence-electron chi connectivity index (χ1n) is 8.04. The molecule has 0 radical (unpaired) electrons. The number of nitrogen functional groups attached to an aromatic ring is 1. The van der Waals surface area contributed by atoms with Gasteiger partial charge in [-0.3, -0.25) is 9.59 Å². The molecular weight excluding hydrogens is 278 g/mol. The summed E-state index contributed by atoms with van der Waals surface area (Å²) in [7, 11) is 0. The van der Waals surface area contributed by atoms with Crippen LogP contribution in [0.5, 0.6) is 0 Å². The Balaban J connectivity index is 1.52. The molecule has 5 nitrogen and oxygen atoms in total. The van der Waals surface area contributed by atoms with Gasteiger partial charge in [-0.05, 0) is 37.3 Å². The van der Waals surface area contributed by atoms with Crippen molar-refractivity contribution in [3.05, 3.63) is 29.8 Å². The number of hydrogen-bond acceptors (Lipinski definition) is 3. The topological polar surface area (TPSA) is 84.2 Å². The third-order valence-electron chi connectivity index (χ3n) is 4.13. The Morgan fingerprint density at radius 1 is 1.14 bits per heavy atom. The van der Waals surface area contributed by atoms with Gasteiger partial charge in [0.05, 0.1) is 0 Å². The molecule has 2 rings (SSSR count). The number of rotatable bonds is 8. The number of carbonyl (C=O) groups excluding carboxylic acids is 2. The van der Waals surface area contributed by atoms with Crippen LogP contribution in [-0.4, -0.2) is 24.9 Å². The molecule has 1 aromatic rings. The van der Waals surface area contributed by atoms with E-state index in [-0.39, 0.29) is 17.7 Å². The molecule has 1 saturated carbocycles. The molecule has 5 heteroatoms. The summed E-state index contributed by atoms with van der Waals surface area (Å²) in [6.07, 6.45) is 5.05. The van der Waals surface area contributed by atoms with E-state index in [1.54, 1.807) is 0 Å². The first kappa shape index (κ1) is 16.3. The van der Waals surface area contributed by atoms with Crippen molar-refractivity contribution in [1.82, 2.24) is 10.6 Å². The third-order valence-corrected chi connectivity index (χ3v) is 4.13. The highest BCUT2D eigenvalue weighted by atomic mass is 16.2. The van der Waals surface area contributed by atoms with Gasteiger partial charge < -0.3 is 16.4 Å². The van der Waals surface area contributed by atoms with Crippen LogP contribution in [0.3, 0.4) is 0 Å². The summed E-state index contributed by atoms with van der Waals surface area (Å²) < 4.78 is 0. The molecule has 0 atom stereocenters. The summed E-state index contributed by atoms with van der Waals surface area (Å²) in [6, 6.07) is 7.60. The highest BCUT2D eigenvalue weighted by Crippen LogP contribution is 2.25. The van der Waals surface area contributed by atoms with Crippen molar-refractivity contribution < 1.29 is 9.59 Å². The van der Waals surface area contributed by atoms with E-state index < -0.39 is 0 Å². The summed E-state index contributed by atoms with van der Waals surface area (Å²) in [5.74, 6) is 0.414. The maximum atomic E-state index is 11.7. The quantitative estimate of drug-likeness (QED) is 0.504. The number of amides is 2. The van der Waals surface area contributed by atoms with Gasteiger partial charge in [-0.15, -0.1) is 0 Å². The van der Waals surface area contributed by atoms with E-state index in [1.165, 1.54) is 6.42 Å². The van der Waals surface area contributed by atoms with Gasteiger partial charge >= 0.3 is 0 Å². The Bertz CT molecular complexity index is 512. The third kappa shape index (κ3) is 5.06. The predicted octanol–water partition coefficient (Wildman–Crippen LogP) is 1.62. The predicted molar refractivity (Wildman–Crippen MR) is 87.2 cm³/mol. The van der Waals surface area contributed by atoms with E-state index in [2.05, 4.69) is 10.6 Å². The highest BCUT2D eigenvalue weighted by Gasteiger charge is 2.24. The fourth-order valence-corrected chi connectivity index (χ4v) is 2.44. The number of carbonyl (C=O) groups is 2. The van der Waals surface area contributed by atoms with Crippen LogP contribution >= 0.6 is 0 Å². The summed E-state index contributed by atoms with van der Waals surface area (Å²) in [4.78, 5) is 23.4. The van der Waals surface area contributed by atoms with E-state index in [0.717, 1.165) is 30.5 Å². The summed E-state index contributed by atoms with van der Waals surface area (Å²) in [6.45, 7) is 1.22. The average Bonchev–Trinajstić information content (AvgIpc) is 2.44. The van der Waals surface area contributed by atoms with Gasteiger partial charge in [-0.25, -0.2) is 0 Å². The molecule has 0 saturated heterocycles. The number of benzene rings is 1. The normalized spacial score (nSPS) is 14.2. The van der Waals surface area contributed by atoms with Crippen molar-refractivity contribution in [2.75, 3.05) is 18.8 Å². The number of aryl methyl sites for hydroxylation is 1. The van der Waals surface area contributed by atoms with E-state index in [9.17, 15) is 9.59 Å². The van der Waals surface area contributed by atoms with Crippen LogP contribution in [0.1, 0.15) is 37.7 Å². The second kappa shape index (κ2) is 8.41. The monoisotopic (exact) mass is 303 g/mol. The lowest BCUT2D eigenvalue weighted by molar-refractivity contribution is -0.127. The average molecular weight is 303 g/mol. The number of nitrogens with one attached hydrogen (secondary N) is 2. The lowest BCUT2D eigenvalue weighted by atomic mass is 9.85. The zero-order valence-corrected chi connectivity index (χ0v) is 12.9. The molecule has 1 fully saturated rings. The summed E-state index contributed by atoms with van der Waals surface area (Å²) in [5.41, 5.74) is 7.58. The van der Waals surface area contributed by atoms with Gasteiger partial charge in [0.15, 0.2) is 0 Å². The highest BCUT2D eigenvalue weighted by molar-refractivity contribution is 5.79. The minimum Gasteiger partial charge on any atom is -0.399 e. The lowest BCUT2D eigenvalue weighted by Gasteiger charge is -2.23. The molecule has 0 aliphatic heterocycles. The molecule has 2 amide bonds. The Hall–Kier alpha value is -2.04. The molecule has 0 bridgehead atoms.